The zero-order chi connectivity index (χ0) is 80.7. The third-order valence-corrected chi connectivity index (χ3v) is 17.6. The minimum absolute atomic E-state index is 0.0418. The number of aliphatic carboxylic acids is 2. The van der Waals surface area contributed by atoms with E-state index in [2.05, 4.69) is 69.1 Å². The number of nitrogens with zero attached hydrogens (tertiary/aromatic N) is 1. The number of aromatic hydroxyl groups is 1. The summed E-state index contributed by atoms with van der Waals surface area (Å²) in [6.07, 6.45) is -2.98. The van der Waals surface area contributed by atoms with Gasteiger partial charge in [0.25, 0.3) is 0 Å². The van der Waals surface area contributed by atoms with E-state index < -0.39 is 228 Å². The van der Waals surface area contributed by atoms with Crippen LogP contribution in [-0.4, -0.2) is 242 Å². The number of unbranched alkanes of at least 4 members (excludes halogenated alkanes) is 1. The molecule has 1 fully saturated rings. The minimum atomic E-state index is -1.99. The van der Waals surface area contributed by atoms with Crippen molar-refractivity contribution in [1.29, 1.82) is 0 Å². The maximum absolute atomic E-state index is 14.5. The van der Waals surface area contributed by atoms with Crippen molar-refractivity contribution in [3.63, 3.8) is 0 Å². The third kappa shape index (κ3) is 30.5. The number of phenolic OH excluding ortho intramolecular Hbond substituents is 1. The average Bonchev–Trinajstić information content (AvgIpc) is 1.57. The average molecular weight is 1500 g/mol. The SMILES string of the molecule is CC[C@H](C)[C@H](NC(=O)[C@@H](NC(=O)[C@H](Cc1ccc(O)cc1)NC(=O)[C@H](CC(=O)O)NC(=O)[C@@H](NC(=O)CNC(=O)[C@@H]1CCCN1C(=O)[C@H](CCCCN)NC(=O)[C@H](CC(C)C)NC(=O)CN)C(C)C)[C@@H](C)O)C(=O)N[C@H](C(=O)N[C@H](C(=O)N[C@@H](C)C(=O)N[C@@H](C)C(=O)N[C@H](C(=O)O)C(C)C)C(C)C)[C@@H](C)O. The van der Waals surface area contributed by atoms with Crippen LogP contribution in [0.5, 0.6) is 5.75 Å². The first-order valence-electron chi connectivity index (χ1n) is 35.7. The number of aliphatic hydroxyl groups excluding tert-OH is 2. The Balaban J connectivity index is 2.37. The van der Waals surface area contributed by atoms with E-state index in [0.717, 1.165) is 13.8 Å². The molecule has 1 heterocycles. The topological polar surface area (TPSA) is 586 Å². The highest BCUT2D eigenvalue weighted by atomic mass is 16.4. The summed E-state index contributed by atoms with van der Waals surface area (Å²) < 4.78 is 0. The fourth-order valence-electron chi connectivity index (χ4n) is 11.1. The van der Waals surface area contributed by atoms with E-state index in [1.54, 1.807) is 20.8 Å². The molecule has 596 valence electrons. The fourth-order valence-corrected chi connectivity index (χ4v) is 11.1. The predicted octanol–water partition coefficient (Wildman–Crippen LogP) is -4.63. The summed E-state index contributed by atoms with van der Waals surface area (Å²) in [5.74, 6) is -18.9. The summed E-state index contributed by atoms with van der Waals surface area (Å²) in [6.45, 7) is 20.2. The normalized spacial score (nSPS) is 17.0. The number of likely N-dealkylation sites (tertiary alicyclic amines) is 1. The van der Waals surface area contributed by atoms with Crippen LogP contribution >= 0.6 is 0 Å². The number of nitrogens with two attached hydrogens (primary N) is 2. The lowest BCUT2D eigenvalue weighted by atomic mass is 9.96. The number of phenols is 1. The summed E-state index contributed by atoms with van der Waals surface area (Å²) in [5.41, 5.74) is 11.5. The molecule has 0 aliphatic carbocycles. The van der Waals surface area contributed by atoms with Crippen LogP contribution in [0.15, 0.2) is 24.3 Å². The quantitative estimate of drug-likeness (QED) is 0.0273. The molecule has 0 radical (unpaired) electrons. The van der Waals surface area contributed by atoms with E-state index in [-0.39, 0.29) is 56.0 Å². The van der Waals surface area contributed by atoms with E-state index in [1.165, 1.54) is 77.6 Å². The summed E-state index contributed by atoms with van der Waals surface area (Å²) in [5, 5.41) is 83.3. The van der Waals surface area contributed by atoms with E-state index in [0.29, 0.717) is 25.8 Å². The predicted molar refractivity (Wildman–Crippen MR) is 383 cm³/mol. The van der Waals surface area contributed by atoms with Gasteiger partial charge in [0, 0.05) is 13.0 Å². The van der Waals surface area contributed by atoms with Gasteiger partial charge in [-0.15, -0.1) is 0 Å². The van der Waals surface area contributed by atoms with Crippen molar-refractivity contribution in [1.82, 2.24) is 74.0 Å². The molecule has 1 aromatic carbocycles. The van der Waals surface area contributed by atoms with Gasteiger partial charge in [-0.2, -0.15) is 0 Å². The van der Waals surface area contributed by atoms with Crippen LogP contribution in [0, 0.1) is 29.6 Å². The Morgan fingerprint density at radius 1 is 0.491 bits per heavy atom. The number of carboxylic acid groups (broad SMARTS) is 2. The zero-order valence-corrected chi connectivity index (χ0v) is 62.9. The summed E-state index contributed by atoms with van der Waals surface area (Å²) in [4.78, 5) is 218. The largest absolute Gasteiger partial charge is 0.508 e. The lowest BCUT2D eigenvalue weighted by molar-refractivity contribution is -0.143. The Hall–Kier alpha value is -9.62. The molecule has 37 heteroatoms. The molecular weight excluding hydrogens is 1390 g/mol. The van der Waals surface area contributed by atoms with Crippen molar-refractivity contribution >= 4 is 94.6 Å². The molecule has 0 saturated carbocycles. The van der Waals surface area contributed by atoms with Gasteiger partial charge in [0.05, 0.1) is 31.7 Å². The van der Waals surface area contributed by atoms with E-state index in [4.69, 9.17) is 11.5 Å². The highest BCUT2D eigenvalue weighted by Crippen LogP contribution is 2.22. The van der Waals surface area contributed by atoms with Gasteiger partial charge in [-0.25, -0.2) is 4.79 Å². The minimum Gasteiger partial charge on any atom is -0.508 e. The second-order valence-electron chi connectivity index (χ2n) is 28.2. The number of aliphatic hydroxyl groups is 2. The number of carbonyl (C=O) groups excluding carboxylic acids is 14. The van der Waals surface area contributed by atoms with E-state index >= 15 is 0 Å². The van der Waals surface area contributed by atoms with Crippen LogP contribution in [-0.2, 0) is 83.1 Å². The lowest BCUT2D eigenvalue weighted by Crippen LogP contribution is -2.64. The standard InChI is InChI=1S/C69H114N16O21/c1-15-36(10)54(65(101)84-56(40(14)87)66(102)80-52(34(6)7)63(99)74-37(11)57(93)73-38(12)58(94)81-53(35(8)9)69(105)106)82-67(103)55(39(13)86)83-61(97)45(28-41-21-23-42(88)24-22-41)77-60(96)46(29-50(91)92)78-64(100)51(33(4)5)79-49(90)31-72-62(98)47-20-18-26-85(47)68(104)43(19-16-17-25-70)76-59(95)44(27-32(2)3)75-48(89)30-71/h21-24,32-40,43-47,51-56,86-88H,15-20,25-31,70-71H2,1-14H3,(H,72,98)(H,73,93)(H,74,99)(H,75,89)(H,76,95)(H,77,96)(H,78,100)(H,79,90)(H,80,102)(H,81,94)(H,82,103)(H,83,97)(H,84,101)(H,91,92)(H,105,106)/t36-,37-,38-,39+,40+,43-,44-,45-,46-,47-,51-,52-,53-,54-,55-,56-/m0/s1. The number of benzene rings is 1. The molecule has 0 spiro atoms. The second-order valence-corrected chi connectivity index (χ2v) is 28.2. The molecule has 0 bridgehead atoms. The van der Waals surface area contributed by atoms with Gasteiger partial charge in [0.2, 0.25) is 82.7 Å². The molecular formula is C69H114N16O21. The van der Waals surface area contributed by atoms with Crippen molar-refractivity contribution in [2.45, 2.75) is 245 Å². The van der Waals surface area contributed by atoms with Gasteiger partial charge in [0.1, 0.15) is 84.3 Å². The molecule has 22 N–H and O–H groups in total. The van der Waals surface area contributed by atoms with Crippen LogP contribution in [0.4, 0.5) is 0 Å². The number of amides is 14. The van der Waals surface area contributed by atoms with Gasteiger partial charge in [-0.05, 0) is 120 Å². The Kier molecular flexibility index (Phi) is 39.3. The summed E-state index contributed by atoms with van der Waals surface area (Å²) in [7, 11) is 0. The summed E-state index contributed by atoms with van der Waals surface area (Å²) in [6, 6.07) is -13.9. The molecule has 106 heavy (non-hydrogen) atoms. The molecule has 1 aliphatic rings. The maximum atomic E-state index is 14.5. The van der Waals surface area contributed by atoms with Crippen molar-refractivity contribution in [3.05, 3.63) is 29.8 Å². The third-order valence-electron chi connectivity index (χ3n) is 17.6. The number of hydrogen-bond acceptors (Lipinski definition) is 21. The first-order valence-corrected chi connectivity index (χ1v) is 35.7. The van der Waals surface area contributed by atoms with Gasteiger partial charge in [-0.1, -0.05) is 87.8 Å². The van der Waals surface area contributed by atoms with Gasteiger partial charge < -0.3 is 111 Å². The lowest BCUT2D eigenvalue weighted by Gasteiger charge is -2.31. The number of nitrogens with one attached hydrogen (secondary N) is 13. The maximum Gasteiger partial charge on any atom is 0.326 e. The van der Waals surface area contributed by atoms with Gasteiger partial charge >= 0.3 is 11.9 Å². The zero-order valence-electron chi connectivity index (χ0n) is 62.9. The van der Waals surface area contributed by atoms with Gasteiger partial charge in [-0.3, -0.25) is 71.9 Å². The Labute approximate surface area is 617 Å². The smallest absolute Gasteiger partial charge is 0.326 e. The van der Waals surface area contributed by atoms with Crippen LogP contribution in [0.1, 0.15) is 154 Å². The van der Waals surface area contributed by atoms with Crippen molar-refractivity contribution in [3.8, 4) is 5.75 Å². The molecule has 0 aromatic heterocycles. The number of carbonyl (C=O) groups is 16. The number of rotatable bonds is 45. The Morgan fingerprint density at radius 2 is 0.934 bits per heavy atom. The first kappa shape index (κ1) is 92.5. The Morgan fingerprint density at radius 3 is 1.43 bits per heavy atom. The molecule has 1 aromatic rings. The molecule has 16 atom stereocenters. The number of carboxylic acids is 2. The summed E-state index contributed by atoms with van der Waals surface area (Å²) >= 11 is 0. The van der Waals surface area contributed by atoms with Gasteiger partial charge in [0.15, 0.2) is 0 Å². The molecule has 0 unspecified atom stereocenters. The molecule has 37 nitrogen and oxygen atoms in total. The fraction of sp³-hybridized carbons (Fsp3) is 0.681. The highest BCUT2D eigenvalue weighted by Gasteiger charge is 2.42. The molecule has 2 rings (SSSR count). The number of hydrogen-bond donors (Lipinski definition) is 20. The molecule has 14 amide bonds. The van der Waals surface area contributed by atoms with Crippen LogP contribution in [0.3, 0.4) is 0 Å². The highest BCUT2D eigenvalue weighted by molar-refractivity contribution is 6.01. The molecule has 1 aliphatic heterocycles. The van der Waals surface area contributed by atoms with Crippen molar-refractivity contribution in [2.24, 2.45) is 41.1 Å². The van der Waals surface area contributed by atoms with Crippen molar-refractivity contribution < 1.29 is 102 Å². The van der Waals surface area contributed by atoms with E-state index in [9.17, 15) is 102 Å². The second kappa shape index (κ2) is 45.0. The van der Waals surface area contributed by atoms with Crippen LogP contribution < -0.4 is 80.6 Å². The van der Waals surface area contributed by atoms with E-state index in [1.807, 2.05) is 13.8 Å². The monoisotopic (exact) mass is 1500 g/mol. The molecule has 1 saturated heterocycles. The first-order chi connectivity index (χ1) is 49.5. The van der Waals surface area contributed by atoms with Crippen LogP contribution in [0.2, 0.25) is 0 Å². The van der Waals surface area contributed by atoms with Crippen LogP contribution in [0.25, 0.3) is 0 Å². The van der Waals surface area contributed by atoms with Crippen molar-refractivity contribution in [2.75, 3.05) is 26.2 Å². The Bertz CT molecular complexity index is 3210.